The minimum Gasteiger partial charge on any atom is -0.493 e. The van der Waals surface area contributed by atoms with Gasteiger partial charge in [0.25, 0.3) is 0 Å². The summed E-state index contributed by atoms with van der Waals surface area (Å²) < 4.78 is 10.6. The van der Waals surface area contributed by atoms with Crippen LogP contribution in [0.25, 0.3) is 11.4 Å². The molecule has 1 amide bonds. The normalized spacial score (nSPS) is 15.4. The number of ether oxygens (including phenoxy) is 2. The van der Waals surface area contributed by atoms with Crippen molar-refractivity contribution in [2.24, 2.45) is 0 Å². The number of carbonyl (C=O) groups is 1. The number of methoxy groups -OCH3 is 2. The maximum Gasteiger partial charge on any atom is 0.246 e. The third kappa shape index (κ3) is 3.85. The first kappa shape index (κ1) is 19.9. The number of amides is 1. The van der Waals surface area contributed by atoms with E-state index in [0.29, 0.717) is 17.3 Å². The number of likely N-dealkylation sites (N-methyl/N-ethyl adjacent to an activating group) is 1. The maximum absolute atomic E-state index is 12.9. The van der Waals surface area contributed by atoms with Gasteiger partial charge in [-0.25, -0.2) is 0 Å². The third-order valence-corrected chi connectivity index (χ3v) is 5.57. The first-order chi connectivity index (χ1) is 14.6. The molecule has 1 atom stereocenters. The van der Waals surface area contributed by atoms with E-state index in [1.54, 1.807) is 31.3 Å². The van der Waals surface area contributed by atoms with Gasteiger partial charge in [0.15, 0.2) is 11.5 Å². The van der Waals surface area contributed by atoms with Crippen molar-refractivity contribution in [2.45, 2.75) is 31.8 Å². The standard InChI is InChI=1S/C22H25N5O3/c1-26(18-10-6-8-15-7-4-5-9-17(15)18)21(28)14-27-24-22(23-25-27)16-11-12-19(29-2)20(13-16)30-3/h4-5,7,9,11-13,18H,6,8,10,14H2,1-3H3/t18-/m1/s1. The molecule has 1 aliphatic carbocycles. The highest BCUT2D eigenvalue weighted by atomic mass is 16.5. The van der Waals surface area contributed by atoms with Crippen molar-refractivity contribution in [3.8, 4) is 22.9 Å². The number of fused-ring (bicyclic) bond motifs is 1. The molecule has 4 rings (SSSR count). The van der Waals surface area contributed by atoms with Gasteiger partial charge < -0.3 is 14.4 Å². The van der Waals surface area contributed by atoms with Crippen molar-refractivity contribution in [1.82, 2.24) is 25.1 Å². The molecule has 30 heavy (non-hydrogen) atoms. The summed E-state index contributed by atoms with van der Waals surface area (Å²) in [5.41, 5.74) is 3.29. The fourth-order valence-electron chi connectivity index (χ4n) is 3.94. The lowest BCUT2D eigenvalue weighted by molar-refractivity contribution is -0.133. The first-order valence-electron chi connectivity index (χ1n) is 9.94. The second-order valence-electron chi connectivity index (χ2n) is 7.32. The van der Waals surface area contributed by atoms with Crippen LogP contribution in [0.1, 0.15) is 30.0 Å². The van der Waals surface area contributed by atoms with E-state index in [9.17, 15) is 4.79 Å². The Morgan fingerprint density at radius 2 is 1.97 bits per heavy atom. The van der Waals surface area contributed by atoms with Gasteiger partial charge >= 0.3 is 0 Å². The highest BCUT2D eigenvalue weighted by Crippen LogP contribution is 2.34. The molecule has 2 aromatic carbocycles. The second-order valence-corrected chi connectivity index (χ2v) is 7.32. The Morgan fingerprint density at radius 1 is 1.17 bits per heavy atom. The van der Waals surface area contributed by atoms with Gasteiger partial charge in [0, 0.05) is 12.6 Å². The maximum atomic E-state index is 12.9. The summed E-state index contributed by atoms with van der Waals surface area (Å²) in [5, 5.41) is 12.5. The third-order valence-electron chi connectivity index (χ3n) is 5.57. The van der Waals surface area contributed by atoms with Gasteiger partial charge in [-0.3, -0.25) is 4.79 Å². The number of aryl methyl sites for hydroxylation is 1. The van der Waals surface area contributed by atoms with Gasteiger partial charge in [-0.1, -0.05) is 24.3 Å². The molecule has 8 nitrogen and oxygen atoms in total. The minimum absolute atomic E-state index is 0.0372. The number of hydrogen-bond acceptors (Lipinski definition) is 6. The Kier molecular flexibility index (Phi) is 5.65. The van der Waals surface area contributed by atoms with Crippen molar-refractivity contribution in [3.63, 3.8) is 0 Å². The Labute approximate surface area is 175 Å². The number of nitrogens with zero attached hydrogens (tertiary/aromatic N) is 5. The largest absolute Gasteiger partial charge is 0.493 e. The van der Waals surface area contributed by atoms with Gasteiger partial charge in [0.1, 0.15) is 6.54 Å². The monoisotopic (exact) mass is 407 g/mol. The highest BCUT2D eigenvalue weighted by molar-refractivity contribution is 5.76. The van der Waals surface area contributed by atoms with Crippen LogP contribution in [0, 0.1) is 0 Å². The van der Waals surface area contributed by atoms with Crippen LogP contribution in [0.5, 0.6) is 11.5 Å². The van der Waals surface area contributed by atoms with Crippen molar-refractivity contribution >= 4 is 5.91 Å². The van der Waals surface area contributed by atoms with E-state index in [4.69, 9.17) is 9.47 Å². The summed E-state index contributed by atoms with van der Waals surface area (Å²) in [6, 6.07) is 13.8. The molecule has 0 saturated carbocycles. The minimum atomic E-state index is -0.0482. The highest BCUT2D eigenvalue weighted by Gasteiger charge is 2.27. The van der Waals surface area contributed by atoms with Crippen LogP contribution in [-0.2, 0) is 17.8 Å². The van der Waals surface area contributed by atoms with E-state index in [0.717, 1.165) is 24.8 Å². The van der Waals surface area contributed by atoms with E-state index >= 15 is 0 Å². The molecule has 0 bridgehead atoms. The average Bonchev–Trinajstić information content (AvgIpc) is 3.26. The molecule has 1 heterocycles. The molecule has 1 aliphatic rings. The van der Waals surface area contributed by atoms with Gasteiger partial charge in [-0.2, -0.15) is 4.80 Å². The predicted octanol–water partition coefficient (Wildman–Crippen LogP) is 2.89. The zero-order chi connectivity index (χ0) is 21.1. The van der Waals surface area contributed by atoms with Gasteiger partial charge in [-0.05, 0) is 53.8 Å². The molecule has 0 unspecified atom stereocenters. The Hall–Kier alpha value is -3.42. The number of hydrogen-bond donors (Lipinski definition) is 0. The fourth-order valence-corrected chi connectivity index (χ4v) is 3.94. The summed E-state index contributed by atoms with van der Waals surface area (Å²) >= 11 is 0. The topological polar surface area (TPSA) is 82.4 Å². The molecular weight excluding hydrogens is 382 g/mol. The lowest BCUT2D eigenvalue weighted by Crippen LogP contribution is -2.36. The fraction of sp³-hybridized carbons (Fsp3) is 0.364. The summed E-state index contributed by atoms with van der Waals surface area (Å²) in [5.74, 6) is 1.58. The molecular formula is C22H25N5O3. The summed E-state index contributed by atoms with van der Waals surface area (Å²) in [6.07, 6.45) is 3.10. The van der Waals surface area contributed by atoms with Gasteiger partial charge in [0.2, 0.25) is 11.7 Å². The molecule has 0 fully saturated rings. The molecule has 0 spiro atoms. The van der Waals surface area contributed by atoms with Gasteiger partial charge in [0.05, 0.1) is 20.3 Å². The summed E-state index contributed by atoms with van der Waals surface area (Å²) in [4.78, 5) is 16.0. The lowest BCUT2D eigenvalue weighted by atomic mass is 9.87. The molecule has 8 heteroatoms. The molecule has 0 aliphatic heterocycles. The number of carbonyl (C=O) groups excluding carboxylic acids is 1. The molecule has 3 aromatic rings. The summed E-state index contributed by atoms with van der Waals surface area (Å²) in [6.45, 7) is 0.0372. The van der Waals surface area contributed by atoms with Crippen LogP contribution >= 0.6 is 0 Å². The quantitative estimate of drug-likeness (QED) is 0.625. The van der Waals surface area contributed by atoms with Crippen molar-refractivity contribution in [2.75, 3.05) is 21.3 Å². The Bertz CT molecular complexity index is 1050. The van der Waals surface area contributed by atoms with E-state index in [1.807, 2.05) is 19.2 Å². The Balaban J connectivity index is 1.48. The van der Waals surface area contributed by atoms with Gasteiger partial charge in [-0.15, -0.1) is 10.2 Å². The van der Waals surface area contributed by atoms with Crippen LogP contribution < -0.4 is 9.47 Å². The van der Waals surface area contributed by atoms with E-state index < -0.39 is 0 Å². The van der Waals surface area contributed by atoms with E-state index in [2.05, 4.69) is 33.6 Å². The molecule has 156 valence electrons. The molecule has 1 aromatic heterocycles. The predicted molar refractivity (Wildman–Crippen MR) is 111 cm³/mol. The van der Waals surface area contributed by atoms with E-state index in [1.165, 1.54) is 15.9 Å². The van der Waals surface area contributed by atoms with Crippen LogP contribution in [0.3, 0.4) is 0 Å². The van der Waals surface area contributed by atoms with Crippen LogP contribution in [0.2, 0.25) is 0 Å². The van der Waals surface area contributed by atoms with E-state index in [-0.39, 0.29) is 18.5 Å². The second kappa shape index (κ2) is 8.52. The zero-order valence-corrected chi connectivity index (χ0v) is 17.4. The van der Waals surface area contributed by atoms with Crippen molar-refractivity contribution in [1.29, 1.82) is 0 Å². The molecule has 0 radical (unpaired) electrons. The number of aromatic nitrogens is 4. The lowest BCUT2D eigenvalue weighted by Gasteiger charge is -2.33. The molecule has 0 N–H and O–H groups in total. The average molecular weight is 407 g/mol. The zero-order valence-electron chi connectivity index (χ0n) is 17.4. The van der Waals surface area contributed by atoms with Crippen LogP contribution in [-0.4, -0.2) is 52.3 Å². The Morgan fingerprint density at radius 3 is 2.77 bits per heavy atom. The number of rotatable bonds is 6. The van der Waals surface area contributed by atoms with Crippen molar-refractivity contribution < 1.29 is 14.3 Å². The molecule has 0 saturated heterocycles. The number of tetrazole rings is 1. The number of benzene rings is 2. The first-order valence-corrected chi connectivity index (χ1v) is 9.94. The van der Waals surface area contributed by atoms with Crippen LogP contribution in [0.15, 0.2) is 42.5 Å². The van der Waals surface area contributed by atoms with Crippen molar-refractivity contribution in [3.05, 3.63) is 53.6 Å². The van der Waals surface area contributed by atoms with Crippen LogP contribution in [0.4, 0.5) is 0 Å². The SMILES string of the molecule is COc1ccc(-c2nnn(CC(=O)N(C)[C@@H]3CCCc4ccccc43)n2)cc1OC. The smallest absolute Gasteiger partial charge is 0.246 e. The summed E-state index contributed by atoms with van der Waals surface area (Å²) in [7, 11) is 5.00.